The zero-order chi connectivity index (χ0) is 22.7. The number of hydrogen-bond acceptors (Lipinski definition) is 4. The molecule has 0 aliphatic carbocycles. The van der Waals surface area contributed by atoms with Crippen LogP contribution in [0.1, 0.15) is 57.5 Å². The molecule has 1 fully saturated rings. The Hall–Kier alpha value is -3.60. The normalized spacial score (nSPS) is 14.2. The highest BCUT2D eigenvalue weighted by Crippen LogP contribution is 2.29. The number of aromatic nitrogens is 3. The van der Waals surface area contributed by atoms with E-state index in [9.17, 15) is 4.79 Å². The van der Waals surface area contributed by atoms with E-state index in [1.54, 1.807) is 18.2 Å². The Balaban J connectivity index is 1.42. The van der Waals surface area contributed by atoms with Gasteiger partial charge in [-0.05, 0) is 61.1 Å². The van der Waals surface area contributed by atoms with Crippen molar-refractivity contribution in [2.45, 2.75) is 32.6 Å². The SMILES string of the molecule is C=Cc1ccc(C(=O)N2CCC(c3ncc(-c4cccc(C)c4C)cn3)CC2)nc1C=C. The molecule has 0 unspecified atom stereocenters. The molecule has 0 N–H and O–H groups in total. The molecule has 1 aromatic carbocycles. The van der Waals surface area contributed by atoms with Crippen LogP contribution >= 0.6 is 0 Å². The Morgan fingerprint density at radius 3 is 2.41 bits per heavy atom. The molecular weight excluding hydrogens is 396 g/mol. The van der Waals surface area contributed by atoms with E-state index in [1.807, 2.05) is 23.4 Å². The molecule has 2 aromatic heterocycles. The first-order valence-corrected chi connectivity index (χ1v) is 11.0. The van der Waals surface area contributed by atoms with E-state index in [1.165, 1.54) is 16.7 Å². The van der Waals surface area contributed by atoms with Crippen molar-refractivity contribution in [1.82, 2.24) is 19.9 Å². The van der Waals surface area contributed by atoms with Crippen molar-refractivity contribution in [3.05, 3.63) is 89.8 Å². The maximum atomic E-state index is 12.9. The van der Waals surface area contributed by atoms with Crippen LogP contribution in [0.2, 0.25) is 0 Å². The first-order chi connectivity index (χ1) is 15.5. The van der Waals surface area contributed by atoms with Crippen molar-refractivity contribution in [3.63, 3.8) is 0 Å². The molecule has 1 amide bonds. The van der Waals surface area contributed by atoms with E-state index < -0.39 is 0 Å². The largest absolute Gasteiger partial charge is 0.337 e. The predicted octanol–water partition coefficient (Wildman–Crippen LogP) is 5.46. The van der Waals surface area contributed by atoms with Crippen molar-refractivity contribution in [3.8, 4) is 11.1 Å². The van der Waals surface area contributed by atoms with Crippen LogP contribution < -0.4 is 0 Å². The van der Waals surface area contributed by atoms with Gasteiger partial charge < -0.3 is 4.90 Å². The van der Waals surface area contributed by atoms with Crippen molar-refractivity contribution in [2.24, 2.45) is 0 Å². The van der Waals surface area contributed by atoms with E-state index in [0.29, 0.717) is 24.5 Å². The maximum absolute atomic E-state index is 12.9. The monoisotopic (exact) mass is 424 g/mol. The molecule has 1 aliphatic rings. The number of likely N-dealkylation sites (tertiary alicyclic amines) is 1. The lowest BCUT2D eigenvalue weighted by molar-refractivity contribution is 0.0705. The summed E-state index contributed by atoms with van der Waals surface area (Å²) in [5, 5.41) is 0. The van der Waals surface area contributed by atoms with E-state index >= 15 is 0 Å². The zero-order valence-electron chi connectivity index (χ0n) is 18.7. The lowest BCUT2D eigenvalue weighted by Gasteiger charge is -2.31. The number of carbonyl (C=O) groups is 1. The Kier molecular flexibility index (Phi) is 6.26. The van der Waals surface area contributed by atoms with Gasteiger partial charge in [0.1, 0.15) is 11.5 Å². The average molecular weight is 425 g/mol. The summed E-state index contributed by atoms with van der Waals surface area (Å²) in [6.07, 6.45) is 8.89. The minimum absolute atomic E-state index is 0.0478. The summed E-state index contributed by atoms with van der Waals surface area (Å²) in [6.45, 7) is 13.1. The Labute approximate surface area is 189 Å². The molecule has 1 saturated heterocycles. The van der Waals surface area contributed by atoms with Crippen LogP contribution in [0, 0.1) is 13.8 Å². The molecule has 162 valence electrons. The number of rotatable bonds is 5. The van der Waals surface area contributed by atoms with Crippen molar-refractivity contribution in [2.75, 3.05) is 13.1 Å². The third-order valence-electron chi connectivity index (χ3n) is 6.32. The number of amides is 1. The first kappa shape index (κ1) is 21.6. The molecule has 5 heteroatoms. The van der Waals surface area contributed by atoms with E-state index in [2.05, 4.69) is 60.2 Å². The van der Waals surface area contributed by atoms with Gasteiger partial charge in [-0.15, -0.1) is 0 Å². The molecule has 3 aromatic rings. The first-order valence-electron chi connectivity index (χ1n) is 11.0. The topological polar surface area (TPSA) is 59.0 Å². The molecule has 1 aliphatic heterocycles. The summed E-state index contributed by atoms with van der Waals surface area (Å²) >= 11 is 0. The lowest BCUT2D eigenvalue weighted by Crippen LogP contribution is -2.38. The van der Waals surface area contributed by atoms with Crippen LogP contribution in [0.25, 0.3) is 23.3 Å². The van der Waals surface area contributed by atoms with Crippen LogP contribution in [0.15, 0.2) is 55.9 Å². The van der Waals surface area contributed by atoms with Gasteiger partial charge in [-0.25, -0.2) is 15.0 Å². The van der Waals surface area contributed by atoms with Crippen LogP contribution in [-0.4, -0.2) is 38.8 Å². The second-order valence-electron chi connectivity index (χ2n) is 8.22. The van der Waals surface area contributed by atoms with Gasteiger partial charge in [0, 0.05) is 37.0 Å². The van der Waals surface area contributed by atoms with Crippen LogP contribution in [0.3, 0.4) is 0 Å². The molecule has 3 heterocycles. The zero-order valence-corrected chi connectivity index (χ0v) is 18.7. The fraction of sp³-hybridized carbons (Fsp3) is 0.259. The number of nitrogens with zero attached hydrogens (tertiary/aromatic N) is 4. The molecule has 0 radical (unpaired) electrons. The third-order valence-corrected chi connectivity index (χ3v) is 6.32. The number of aryl methyl sites for hydroxylation is 1. The standard InChI is InChI=1S/C27H28N4O/c1-5-20-10-11-25(30-24(20)6-2)27(32)31-14-12-21(13-15-31)26-28-16-22(17-29-26)23-9-7-8-18(3)19(23)4/h5-11,16-17,21H,1-2,12-15H2,3-4H3. The van der Waals surface area contributed by atoms with Crippen molar-refractivity contribution < 1.29 is 4.79 Å². The molecule has 0 spiro atoms. The van der Waals surface area contributed by atoms with E-state index in [0.717, 1.165) is 29.8 Å². The highest BCUT2D eigenvalue weighted by atomic mass is 16.2. The Morgan fingerprint density at radius 2 is 1.75 bits per heavy atom. The van der Waals surface area contributed by atoms with Gasteiger partial charge >= 0.3 is 0 Å². The highest BCUT2D eigenvalue weighted by Gasteiger charge is 2.27. The van der Waals surface area contributed by atoms with Gasteiger partial charge in [-0.3, -0.25) is 4.79 Å². The maximum Gasteiger partial charge on any atom is 0.272 e. The summed E-state index contributed by atoms with van der Waals surface area (Å²) < 4.78 is 0. The van der Waals surface area contributed by atoms with Crippen LogP contribution in [-0.2, 0) is 0 Å². The number of pyridine rings is 1. The van der Waals surface area contributed by atoms with Gasteiger partial charge in [0.2, 0.25) is 0 Å². The second kappa shape index (κ2) is 9.27. The van der Waals surface area contributed by atoms with Crippen LogP contribution in [0.5, 0.6) is 0 Å². The van der Waals surface area contributed by atoms with Gasteiger partial charge in [0.25, 0.3) is 5.91 Å². The second-order valence-corrected chi connectivity index (χ2v) is 8.22. The van der Waals surface area contributed by atoms with Crippen molar-refractivity contribution >= 4 is 18.1 Å². The van der Waals surface area contributed by atoms with Crippen LogP contribution in [0.4, 0.5) is 0 Å². The number of carbonyl (C=O) groups excluding carboxylic acids is 1. The van der Waals surface area contributed by atoms with E-state index in [-0.39, 0.29) is 11.8 Å². The third kappa shape index (κ3) is 4.24. The lowest BCUT2D eigenvalue weighted by atomic mass is 9.95. The fourth-order valence-corrected chi connectivity index (χ4v) is 4.20. The number of benzene rings is 1. The molecule has 0 atom stereocenters. The molecule has 5 nitrogen and oxygen atoms in total. The summed E-state index contributed by atoms with van der Waals surface area (Å²) in [6, 6.07) is 9.91. The molecule has 0 saturated carbocycles. The minimum Gasteiger partial charge on any atom is -0.337 e. The van der Waals surface area contributed by atoms with E-state index in [4.69, 9.17) is 0 Å². The van der Waals surface area contributed by atoms with Gasteiger partial charge in [0.05, 0.1) is 5.69 Å². The summed E-state index contributed by atoms with van der Waals surface area (Å²) in [5.41, 5.74) is 6.72. The Morgan fingerprint density at radius 1 is 1.03 bits per heavy atom. The quantitative estimate of drug-likeness (QED) is 0.546. The number of piperidine rings is 1. The van der Waals surface area contributed by atoms with Gasteiger partial charge in [-0.1, -0.05) is 43.5 Å². The molecule has 4 rings (SSSR count). The highest BCUT2D eigenvalue weighted by molar-refractivity contribution is 5.93. The summed E-state index contributed by atoms with van der Waals surface area (Å²) in [7, 11) is 0. The smallest absolute Gasteiger partial charge is 0.272 e. The number of hydrogen-bond donors (Lipinski definition) is 0. The van der Waals surface area contributed by atoms with Gasteiger partial charge in [-0.2, -0.15) is 0 Å². The Bertz CT molecular complexity index is 1160. The summed E-state index contributed by atoms with van der Waals surface area (Å²) in [4.78, 5) is 28.6. The molecular formula is C27H28N4O. The molecule has 32 heavy (non-hydrogen) atoms. The summed E-state index contributed by atoms with van der Waals surface area (Å²) in [5.74, 6) is 1.06. The van der Waals surface area contributed by atoms with Gasteiger partial charge in [0.15, 0.2) is 0 Å². The average Bonchev–Trinajstić information content (AvgIpc) is 2.85. The minimum atomic E-state index is -0.0478. The molecule has 0 bridgehead atoms. The predicted molar refractivity (Wildman–Crippen MR) is 129 cm³/mol. The fourth-order valence-electron chi connectivity index (χ4n) is 4.20. The van der Waals surface area contributed by atoms with Crippen molar-refractivity contribution in [1.29, 1.82) is 0 Å².